The van der Waals surface area contributed by atoms with Gasteiger partial charge in [0, 0.05) is 87.1 Å². The number of carbonyl (C=O) groups excluding carboxylic acids is 2. The number of rotatable bonds is 8. The number of unbranched alkanes of at least 4 members (excludes halogenated alkanes) is 2. The number of aromatic nitrogens is 3. The summed E-state index contributed by atoms with van der Waals surface area (Å²) in [6.07, 6.45) is 24.0. The molecule has 8 heteroatoms. The third-order valence-corrected chi connectivity index (χ3v) is 9.67. The van der Waals surface area contributed by atoms with Crippen LogP contribution in [0.1, 0.15) is 116 Å². The van der Waals surface area contributed by atoms with Gasteiger partial charge >= 0.3 is 0 Å². The minimum atomic E-state index is 0.230. The third-order valence-electron chi connectivity index (χ3n) is 9.67. The highest BCUT2D eigenvalue weighted by molar-refractivity contribution is 5.95. The summed E-state index contributed by atoms with van der Waals surface area (Å²) < 4.78 is 2.27. The van der Waals surface area contributed by atoms with Crippen molar-refractivity contribution in [2.45, 2.75) is 89.3 Å². The van der Waals surface area contributed by atoms with Crippen LogP contribution in [-0.2, 0) is 4.79 Å². The average Bonchev–Trinajstić information content (AvgIpc) is 3.90. The molecule has 2 saturated heterocycles. The van der Waals surface area contributed by atoms with Crippen LogP contribution in [0.2, 0.25) is 0 Å². The van der Waals surface area contributed by atoms with E-state index in [4.69, 9.17) is 0 Å². The maximum absolute atomic E-state index is 11.5. The van der Waals surface area contributed by atoms with Gasteiger partial charge in [0.1, 0.15) is 13.3 Å². The zero-order valence-electron chi connectivity index (χ0n) is 30.4. The van der Waals surface area contributed by atoms with E-state index in [9.17, 15) is 9.59 Å². The van der Waals surface area contributed by atoms with Gasteiger partial charge in [-0.1, -0.05) is 62.2 Å². The van der Waals surface area contributed by atoms with Crippen LogP contribution in [0, 0.1) is 0 Å². The second-order valence-corrected chi connectivity index (χ2v) is 13.2. The lowest BCUT2D eigenvalue weighted by Crippen LogP contribution is -2.22. The van der Waals surface area contributed by atoms with E-state index in [1.807, 2.05) is 92.6 Å². The molecular formula is C42H55N6O2+. The van der Waals surface area contributed by atoms with Gasteiger partial charge in [-0.2, -0.15) is 0 Å². The molecule has 0 N–H and O–H groups in total. The predicted octanol–water partition coefficient (Wildman–Crippen LogP) is 8.30. The highest BCUT2D eigenvalue weighted by Gasteiger charge is 2.28. The van der Waals surface area contributed by atoms with E-state index in [-0.39, 0.29) is 17.7 Å². The summed E-state index contributed by atoms with van der Waals surface area (Å²) in [6.45, 7) is 3.37. The maximum Gasteiger partial charge on any atom is 0.222 e. The predicted molar refractivity (Wildman–Crippen MR) is 201 cm³/mol. The number of carbonyl (C=O) groups is 2. The number of benzene rings is 1. The second-order valence-electron chi connectivity index (χ2n) is 13.2. The molecule has 50 heavy (non-hydrogen) atoms. The smallest absolute Gasteiger partial charge is 0.222 e. The molecule has 0 spiro atoms. The molecule has 7 rings (SSSR count). The fraction of sp³-hybridized carbons (Fsp3) is 0.429. The molecule has 0 saturated carbocycles. The summed E-state index contributed by atoms with van der Waals surface area (Å²) in [5.41, 5.74) is 4.67. The van der Waals surface area contributed by atoms with Crippen LogP contribution < -0.4 is 0 Å². The van der Waals surface area contributed by atoms with Crippen molar-refractivity contribution in [3.8, 4) is 0 Å². The molecule has 3 aliphatic heterocycles. The monoisotopic (exact) mass is 675 g/mol. The lowest BCUT2D eigenvalue weighted by atomic mass is 10.1. The first-order valence-electron chi connectivity index (χ1n) is 18.2. The maximum atomic E-state index is 11.5. The molecule has 3 unspecified atom stereocenters. The van der Waals surface area contributed by atoms with E-state index in [0.717, 1.165) is 30.4 Å². The Morgan fingerprint density at radius 2 is 1.40 bits per heavy atom. The minimum absolute atomic E-state index is 0.230. The van der Waals surface area contributed by atoms with Crippen molar-refractivity contribution in [3.05, 3.63) is 126 Å². The number of hydrogen-bond donors (Lipinski definition) is 0. The van der Waals surface area contributed by atoms with Crippen molar-refractivity contribution in [2.75, 3.05) is 27.7 Å². The molecule has 3 atom stereocenters. The molecule has 4 aromatic rings. The summed E-state index contributed by atoms with van der Waals surface area (Å²) in [4.78, 5) is 39.3. The normalized spacial score (nSPS) is 19.7. The Morgan fingerprint density at radius 3 is 1.88 bits per heavy atom. The topological polar surface area (TPSA) is 82.3 Å². The SMILES string of the molecule is CCCCCC(=O)c1ccccc1.CN1C(=O)CCC1c1cccnc1.CN1CCCC1c1cccnc1.C[N+]1=CCCC1c1cccnc1. The second kappa shape index (κ2) is 20.8. The molecule has 0 radical (unpaired) electrons. The first-order chi connectivity index (χ1) is 24.4. The van der Waals surface area contributed by atoms with Crippen LogP contribution in [0.15, 0.2) is 104 Å². The number of nitrogens with zero attached hydrogens (tertiary/aromatic N) is 6. The molecular weight excluding hydrogens is 621 g/mol. The highest BCUT2D eigenvalue weighted by atomic mass is 16.2. The largest absolute Gasteiger partial charge is 0.339 e. The fourth-order valence-corrected chi connectivity index (χ4v) is 6.72. The van der Waals surface area contributed by atoms with Crippen molar-refractivity contribution in [1.82, 2.24) is 24.8 Å². The van der Waals surface area contributed by atoms with Crippen molar-refractivity contribution < 1.29 is 14.2 Å². The van der Waals surface area contributed by atoms with Crippen LogP contribution in [-0.4, -0.2) is 74.9 Å². The van der Waals surface area contributed by atoms with Crippen LogP contribution >= 0.6 is 0 Å². The van der Waals surface area contributed by atoms with Gasteiger partial charge in [-0.15, -0.1) is 0 Å². The molecule has 1 aromatic carbocycles. The van der Waals surface area contributed by atoms with Crippen molar-refractivity contribution in [1.29, 1.82) is 0 Å². The first kappa shape index (κ1) is 38.2. The number of ketones is 1. The van der Waals surface area contributed by atoms with Gasteiger partial charge in [0.05, 0.1) is 6.04 Å². The van der Waals surface area contributed by atoms with E-state index < -0.39 is 0 Å². The fourth-order valence-electron chi connectivity index (χ4n) is 6.72. The van der Waals surface area contributed by atoms with Gasteiger partial charge in [0.15, 0.2) is 11.8 Å². The minimum Gasteiger partial charge on any atom is -0.339 e. The Bertz CT molecular complexity index is 1580. The van der Waals surface area contributed by atoms with Crippen molar-refractivity contribution in [2.24, 2.45) is 0 Å². The van der Waals surface area contributed by atoms with Gasteiger partial charge in [0.25, 0.3) is 0 Å². The number of hydrogen-bond acceptors (Lipinski definition) is 6. The Hall–Kier alpha value is -4.56. The molecule has 264 valence electrons. The zero-order valence-corrected chi connectivity index (χ0v) is 30.4. The average molecular weight is 676 g/mol. The molecule has 0 aliphatic carbocycles. The zero-order chi connectivity index (χ0) is 35.6. The summed E-state index contributed by atoms with van der Waals surface area (Å²) in [6, 6.07) is 23.2. The number of amides is 1. The lowest BCUT2D eigenvalue weighted by Gasteiger charge is -2.19. The van der Waals surface area contributed by atoms with Crippen molar-refractivity contribution >= 4 is 17.9 Å². The van der Waals surface area contributed by atoms with E-state index >= 15 is 0 Å². The molecule has 2 fully saturated rings. The first-order valence-corrected chi connectivity index (χ1v) is 18.2. The Balaban J connectivity index is 0.000000150. The molecule has 0 bridgehead atoms. The Morgan fingerprint density at radius 1 is 0.780 bits per heavy atom. The van der Waals surface area contributed by atoms with E-state index in [1.165, 1.54) is 49.8 Å². The highest BCUT2D eigenvalue weighted by Crippen LogP contribution is 2.31. The number of likely N-dealkylation sites (tertiary alicyclic amines) is 2. The number of Topliss-reactive ketones (excluding diaryl/α,β-unsaturated/α-hetero) is 1. The van der Waals surface area contributed by atoms with Crippen LogP contribution in [0.5, 0.6) is 0 Å². The van der Waals surface area contributed by atoms with Gasteiger partial charge < -0.3 is 4.90 Å². The number of pyridine rings is 3. The van der Waals surface area contributed by atoms with Crippen LogP contribution in [0.4, 0.5) is 0 Å². The molecule has 8 nitrogen and oxygen atoms in total. The van der Waals surface area contributed by atoms with Gasteiger partial charge in [-0.3, -0.25) is 29.4 Å². The van der Waals surface area contributed by atoms with Gasteiger partial charge in [0.2, 0.25) is 5.91 Å². The van der Waals surface area contributed by atoms with E-state index in [1.54, 1.807) is 11.1 Å². The lowest BCUT2D eigenvalue weighted by molar-refractivity contribution is -0.532. The Labute approximate surface area is 299 Å². The quantitative estimate of drug-likeness (QED) is 0.106. The summed E-state index contributed by atoms with van der Waals surface area (Å²) >= 11 is 0. The van der Waals surface area contributed by atoms with E-state index in [0.29, 0.717) is 24.9 Å². The molecule has 6 heterocycles. The third kappa shape index (κ3) is 11.8. The Kier molecular flexibility index (Phi) is 15.9. The molecule has 3 aromatic heterocycles. The van der Waals surface area contributed by atoms with E-state index in [2.05, 4.69) is 63.8 Å². The van der Waals surface area contributed by atoms with Gasteiger partial charge in [-0.05, 0) is 74.7 Å². The van der Waals surface area contributed by atoms with Crippen molar-refractivity contribution in [3.63, 3.8) is 0 Å². The van der Waals surface area contributed by atoms with Crippen LogP contribution in [0.25, 0.3) is 0 Å². The summed E-state index contributed by atoms with van der Waals surface area (Å²) in [5, 5.41) is 0. The van der Waals surface area contributed by atoms with Gasteiger partial charge in [-0.25, -0.2) is 4.58 Å². The molecule has 1 amide bonds. The molecule has 3 aliphatic rings. The summed E-state index contributed by atoms with van der Waals surface area (Å²) in [7, 11) is 6.17. The van der Waals surface area contributed by atoms with Crippen LogP contribution in [0.3, 0.4) is 0 Å². The summed E-state index contributed by atoms with van der Waals surface area (Å²) in [5.74, 6) is 0.503. The standard InChI is InChI=1S/C12H16O.C10H12N2O.C10H14N2.C10H13N2/c1-2-3-5-10-12(13)11-8-6-4-7-9-11;1-12-9(4-5-10(12)13)8-3-2-6-11-7-8;2*1-12-7-3-5-10(12)9-4-2-6-11-8-9/h4,6-9H,2-3,5,10H2,1H3;2-3,6-7,9H,4-5H2,1H3;2,4,6,8,10H,3,5,7H2,1H3;2,4,6-8,10H,3,5H2,1H3/q;;;+1.